The number of pyridine rings is 1. The van der Waals surface area contributed by atoms with Gasteiger partial charge in [-0.2, -0.15) is 0 Å². The Hall–Kier alpha value is -1.67. The van der Waals surface area contributed by atoms with Gasteiger partial charge in [0.1, 0.15) is 0 Å². The number of likely N-dealkylation sites (N-methyl/N-ethyl adjacent to an activating group) is 1. The molecule has 2 heteroatoms. The molecule has 88 valence electrons. The summed E-state index contributed by atoms with van der Waals surface area (Å²) in [6, 6.07) is 15.0. The predicted octanol–water partition coefficient (Wildman–Crippen LogP) is 2.97. The minimum atomic E-state index is 0.366. The average molecular weight is 226 g/mol. The first-order valence-electron chi connectivity index (χ1n) is 6.07. The lowest BCUT2D eigenvalue weighted by atomic mass is 10.00. The van der Waals surface area contributed by atoms with Crippen LogP contribution in [0.3, 0.4) is 0 Å². The van der Waals surface area contributed by atoms with Gasteiger partial charge in [0.2, 0.25) is 0 Å². The molecule has 0 aliphatic heterocycles. The number of rotatable bonds is 5. The van der Waals surface area contributed by atoms with Crippen molar-refractivity contribution in [1.82, 2.24) is 10.3 Å². The van der Waals surface area contributed by atoms with Gasteiger partial charge in [-0.05, 0) is 30.2 Å². The van der Waals surface area contributed by atoms with Gasteiger partial charge in [0.15, 0.2) is 0 Å². The van der Waals surface area contributed by atoms with Crippen LogP contribution in [0.1, 0.15) is 24.1 Å². The van der Waals surface area contributed by atoms with E-state index in [-0.39, 0.29) is 0 Å². The van der Waals surface area contributed by atoms with Crippen molar-refractivity contribution in [3.63, 3.8) is 0 Å². The smallest absolute Gasteiger partial charge is 0.0361 e. The topological polar surface area (TPSA) is 24.9 Å². The van der Waals surface area contributed by atoms with E-state index in [0.717, 1.165) is 13.0 Å². The molecule has 1 aromatic carbocycles. The lowest BCUT2D eigenvalue weighted by molar-refractivity contribution is 0.549. The molecule has 0 saturated carbocycles. The summed E-state index contributed by atoms with van der Waals surface area (Å²) in [6.45, 7) is 3.11. The standard InChI is InChI=1S/C15H18N2/c1-2-17-15(14-8-4-3-5-9-14)11-13-7-6-10-16-12-13/h3-10,12,15,17H,2,11H2,1H3. The maximum atomic E-state index is 4.16. The van der Waals surface area contributed by atoms with Crippen molar-refractivity contribution in [2.75, 3.05) is 6.54 Å². The van der Waals surface area contributed by atoms with Crippen LogP contribution in [0.15, 0.2) is 54.9 Å². The Morgan fingerprint density at radius 3 is 2.59 bits per heavy atom. The van der Waals surface area contributed by atoms with E-state index in [9.17, 15) is 0 Å². The highest BCUT2D eigenvalue weighted by Gasteiger charge is 2.10. The summed E-state index contributed by atoms with van der Waals surface area (Å²) in [5.41, 5.74) is 2.60. The first-order valence-corrected chi connectivity index (χ1v) is 6.07. The number of aromatic nitrogens is 1. The van der Waals surface area contributed by atoms with Crippen LogP contribution in [0.2, 0.25) is 0 Å². The summed E-state index contributed by atoms with van der Waals surface area (Å²) in [6.07, 6.45) is 4.73. The van der Waals surface area contributed by atoms with E-state index < -0.39 is 0 Å². The number of hydrogen-bond donors (Lipinski definition) is 1. The largest absolute Gasteiger partial charge is 0.310 e. The molecule has 0 aliphatic carbocycles. The van der Waals surface area contributed by atoms with E-state index in [0.29, 0.717) is 6.04 Å². The summed E-state index contributed by atoms with van der Waals surface area (Å²) in [4.78, 5) is 4.16. The first-order chi connectivity index (χ1) is 8.40. The van der Waals surface area contributed by atoms with Crippen LogP contribution in [0, 0.1) is 0 Å². The Balaban J connectivity index is 2.13. The maximum Gasteiger partial charge on any atom is 0.0361 e. The predicted molar refractivity (Wildman–Crippen MR) is 70.8 cm³/mol. The van der Waals surface area contributed by atoms with Crippen LogP contribution in [0.25, 0.3) is 0 Å². The molecule has 0 bridgehead atoms. The zero-order chi connectivity index (χ0) is 11.9. The minimum Gasteiger partial charge on any atom is -0.310 e. The molecule has 17 heavy (non-hydrogen) atoms. The zero-order valence-electron chi connectivity index (χ0n) is 10.1. The summed E-state index contributed by atoms with van der Waals surface area (Å²) < 4.78 is 0. The van der Waals surface area contributed by atoms with E-state index in [1.807, 2.05) is 18.5 Å². The number of hydrogen-bond acceptors (Lipinski definition) is 2. The summed E-state index contributed by atoms with van der Waals surface area (Å²) in [5.74, 6) is 0. The number of nitrogens with one attached hydrogen (secondary N) is 1. The Labute approximate surface area is 103 Å². The monoisotopic (exact) mass is 226 g/mol. The first kappa shape index (κ1) is 11.8. The lowest BCUT2D eigenvalue weighted by Gasteiger charge is -2.18. The summed E-state index contributed by atoms with van der Waals surface area (Å²) in [7, 11) is 0. The molecular formula is C15H18N2. The SMILES string of the molecule is CCNC(Cc1cccnc1)c1ccccc1. The third-order valence-electron chi connectivity index (χ3n) is 2.82. The Bertz CT molecular complexity index is 425. The van der Waals surface area contributed by atoms with Crippen LogP contribution in [0.5, 0.6) is 0 Å². The summed E-state index contributed by atoms with van der Waals surface area (Å²) >= 11 is 0. The minimum absolute atomic E-state index is 0.366. The van der Waals surface area contributed by atoms with E-state index >= 15 is 0 Å². The summed E-state index contributed by atoms with van der Waals surface area (Å²) in [5, 5.41) is 3.52. The van der Waals surface area contributed by atoms with Crippen molar-refractivity contribution in [3.8, 4) is 0 Å². The van der Waals surface area contributed by atoms with Crippen LogP contribution in [-0.2, 0) is 6.42 Å². The van der Waals surface area contributed by atoms with Gasteiger partial charge in [-0.1, -0.05) is 43.3 Å². The van der Waals surface area contributed by atoms with E-state index in [1.165, 1.54) is 11.1 Å². The Kier molecular flexibility index (Phi) is 4.28. The molecule has 2 rings (SSSR count). The molecule has 1 N–H and O–H groups in total. The van der Waals surface area contributed by atoms with Crippen molar-refractivity contribution in [3.05, 3.63) is 66.0 Å². The average Bonchev–Trinajstić information content (AvgIpc) is 2.40. The molecule has 1 aromatic heterocycles. The molecule has 1 unspecified atom stereocenters. The Morgan fingerprint density at radius 1 is 1.12 bits per heavy atom. The molecule has 0 saturated heterocycles. The highest BCUT2D eigenvalue weighted by atomic mass is 14.9. The van der Waals surface area contributed by atoms with E-state index in [4.69, 9.17) is 0 Å². The highest BCUT2D eigenvalue weighted by Crippen LogP contribution is 2.17. The van der Waals surface area contributed by atoms with Gasteiger partial charge in [0.25, 0.3) is 0 Å². The van der Waals surface area contributed by atoms with Gasteiger partial charge in [-0.3, -0.25) is 4.98 Å². The van der Waals surface area contributed by atoms with Crippen molar-refractivity contribution in [2.24, 2.45) is 0 Å². The third-order valence-corrected chi connectivity index (χ3v) is 2.82. The maximum absolute atomic E-state index is 4.16. The van der Waals surface area contributed by atoms with Crippen LogP contribution in [-0.4, -0.2) is 11.5 Å². The molecular weight excluding hydrogens is 208 g/mol. The van der Waals surface area contributed by atoms with E-state index in [1.54, 1.807) is 0 Å². The van der Waals surface area contributed by atoms with Crippen LogP contribution >= 0.6 is 0 Å². The second-order valence-corrected chi connectivity index (χ2v) is 4.09. The quantitative estimate of drug-likeness (QED) is 0.847. The normalized spacial score (nSPS) is 12.3. The molecule has 1 atom stereocenters. The molecule has 0 radical (unpaired) electrons. The number of nitrogens with zero attached hydrogens (tertiary/aromatic N) is 1. The number of benzene rings is 1. The molecule has 0 spiro atoms. The van der Waals surface area contributed by atoms with Crippen LogP contribution in [0.4, 0.5) is 0 Å². The second-order valence-electron chi connectivity index (χ2n) is 4.09. The molecule has 2 aromatic rings. The zero-order valence-corrected chi connectivity index (χ0v) is 10.1. The van der Waals surface area contributed by atoms with Gasteiger partial charge >= 0.3 is 0 Å². The fourth-order valence-corrected chi connectivity index (χ4v) is 1.99. The van der Waals surface area contributed by atoms with Crippen molar-refractivity contribution in [2.45, 2.75) is 19.4 Å². The molecule has 2 nitrogen and oxygen atoms in total. The van der Waals surface area contributed by atoms with Crippen molar-refractivity contribution < 1.29 is 0 Å². The highest BCUT2D eigenvalue weighted by molar-refractivity contribution is 5.22. The van der Waals surface area contributed by atoms with Crippen molar-refractivity contribution in [1.29, 1.82) is 0 Å². The van der Waals surface area contributed by atoms with Crippen LogP contribution < -0.4 is 5.32 Å². The molecule has 0 aliphatic rings. The second kappa shape index (κ2) is 6.16. The van der Waals surface area contributed by atoms with Gasteiger partial charge in [0, 0.05) is 18.4 Å². The fourth-order valence-electron chi connectivity index (χ4n) is 1.99. The van der Waals surface area contributed by atoms with Gasteiger partial charge in [0.05, 0.1) is 0 Å². The lowest BCUT2D eigenvalue weighted by Crippen LogP contribution is -2.22. The molecule has 0 amide bonds. The van der Waals surface area contributed by atoms with Gasteiger partial charge < -0.3 is 5.32 Å². The van der Waals surface area contributed by atoms with E-state index in [2.05, 4.69) is 53.6 Å². The molecule has 1 heterocycles. The van der Waals surface area contributed by atoms with Gasteiger partial charge in [-0.25, -0.2) is 0 Å². The van der Waals surface area contributed by atoms with Crippen molar-refractivity contribution >= 4 is 0 Å². The molecule has 0 fully saturated rings. The fraction of sp³-hybridized carbons (Fsp3) is 0.267. The van der Waals surface area contributed by atoms with Gasteiger partial charge in [-0.15, -0.1) is 0 Å². The third kappa shape index (κ3) is 3.40. The Morgan fingerprint density at radius 2 is 1.94 bits per heavy atom.